The van der Waals surface area contributed by atoms with Crippen molar-refractivity contribution in [3.05, 3.63) is 34.3 Å². The first-order chi connectivity index (χ1) is 12.1. The number of likely N-dealkylation sites (tertiary alicyclic amines) is 1. The van der Waals surface area contributed by atoms with Crippen molar-refractivity contribution in [2.75, 3.05) is 13.9 Å². The molecule has 6 nitrogen and oxygen atoms in total. The van der Waals surface area contributed by atoms with Crippen LogP contribution in [0.4, 0.5) is 0 Å². The van der Waals surface area contributed by atoms with E-state index in [0.29, 0.717) is 18.0 Å². The van der Waals surface area contributed by atoms with Crippen LogP contribution in [0.25, 0.3) is 0 Å². The van der Waals surface area contributed by atoms with Gasteiger partial charge in [0.15, 0.2) is 11.5 Å². The van der Waals surface area contributed by atoms with Crippen LogP contribution in [0.15, 0.2) is 28.8 Å². The van der Waals surface area contributed by atoms with Gasteiger partial charge >= 0.3 is 5.97 Å². The van der Waals surface area contributed by atoms with Gasteiger partial charge in [-0.2, -0.15) is 0 Å². The predicted octanol–water partition coefficient (Wildman–Crippen LogP) is 2.64. The zero-order chi connectivity index (χ0) is 17.6. The van der Waals surface area contributed by atoms with Crippen molar-refractivity contribution in [3.63, 3.8) is 0 Å². The number of benzene rings is 1. The Morgan fingerprint density at radius 3 is 2.88 bits per heavy atom. The van der Waals surface area contributed by atoms with Crippen LogP contribution in [0.1, 0.15) is 18.4 Å². The number of esters is 1. The van der Waals surface area contributed by atoms with Crippen molar-refractivity contribution >= 4 is 27.8 Å². The molecule has 132 valence electrons. The average Bonchev–Trinajstić information content (AvgIpc) is 3.17. The molecule has 3 atom stereocenters. The quantitative estimate of drug-likeness (QED) is 0.437. The Balaban J connectivity index is 1.65. The molecule has 2 heterocycles. The molecule has 0 radical (unpaired) electrons. The van der Waals surface area contributed by atoms with Crippen LogP contribution in [0, 0.1) is 11.8 Å². The predicted molar refractivity (Wildman–Crippen MR) is 92.0 cm³/mol. The van der Waals surface area contributed by atoms with Gasteiger partial charge in [-0.1, -0.05) is 28.1 Å². The first kappa shape index (κ1) is 16.4. The molecule has 0 bridgehead atoms. The molecule has 1 unspecified atom stereocenters. The summed E-state index contributed by atoms with van der Waals surface area (Å²) in [5.41, 5.74) is 0.917. The Kier molecular flexibility index (Phi) is 4.19. The molecule has 1 aromatic carbocycles. The fourth-order valence-electron chi connectivity index (χ4n) is 3.90. The van der Waals surface area contributed by atoms with Gasteiger partial charge in [-0.3, -0.25) is 9.59 Å². The lowest BCUT2D eigenvalue weighted by molar-refractivity contribution is -0.151. The van der Waals surface area contributed by atoms with Crippen molar-refractivity contribution in [2.45, 2.75) is 25.4 Å². The minimum absolute atomic E-state index is 0.0299. The summed E-state index contributed by atoms with van der Waals surface area (Å²) < 4.78 is 16.5. The van der Waals surface area contributed by atoms with Crippen molar-refractivity contribution in [1.82, 2.24) is 4.90 Å². The van der Waals surface area contributed by atoms with Crippen LogP contribution in [0.5, 0.6) is 11.5 Å². The molecule has 7 heteroatoms. The van der Waals surface area contributed by atoms with E-state index in [2.05, 4.69) is 22.0 Å². The molecular weight excluding hydrogens is 390 g/mol. The Hall–Kier alpha value is -2.02. The number of carbonyl (C=O) groups is 2. The number of hydrogen-bond donors (Lipinski definition) is 0. The lowest BCUT2D eigenvalue weighted by atomic mass is 9.83. The second-order valence-corrected chi connectivity index (χ2v) is 7.28. The van der Waals surface area contributed by atoms with Gasteiger partial charge in [-0.05, 0) is 30.5 Å². The van der Waals surface area contributed by atoms with Gasteiger partial charge in [0.25, 0.3) is 0 Å². The molecule has 25 heavy (non-hydrogen) atoms. The molecule has 0 spiro atoms. The van der Waals surface area contributed by atoms with E-state index in [9.17, 15) is 9.59 Å². The fraction of sp³-hybridized carbons (Fsp3) is 0.444. The largest absolute Gasteiger partial charge is 0.468 e. The average molecular weight is 408 g/mol. The fourth-order valence-corrected chi connectivity index (χ4v) is 4.34. The highest BCUT2D eigenvalue weighted by Gasteiger charge is 2.51. The highest BCUT2D eigenvalue weighted by molar-refractivity contribution is 9.10. The Labute approximate surface area is 153 Å². The number of hydrogen-bond acceptors (Lipinski definition) is 5. The molecule has 4 rings (SSSR count). The Bertz CT molecular complexity index is 762. The smallest absolute Gasteiger partial charge is 0.318 e. The summed E-state index contributed by atoms with van der Waals surface area (Å²) in [5.74, 6) is 0.00217. The topological polar surface area (TPSA) is 65.1 Å². The number of ether oxygens (including phenoxy) is 3. The van der Waals surface area contributed by atoms with Gasteiger partial charge in [-0.25, -0.2) is 0 Å². The Morgan fingerprint density at radius 2 is 2.12 bits per heavy atom. The highest BCUT2D eigenvalue weighted by Crippen LogP contribution is 2.42. The van der Waals surface area contributed by atoms with Crippen LogP contribution < -0.4 is 9.47 Å². The maximum atomic E-state index is 12.9. The third kappa shape index (κ3) is 2.70. The van der Waals surface area contributed by atoms with E-state index >= 15 is 0 Å². The number of rotatable bonds is 3. The van der Waals surface area contributed by atoms with Crippen molar-refractivity contribution in [1.29, 1.82) is 0 Å². The minimum Gasteiger partial charge on any atom is -0.468 e. The molecule has 1 aromatic rings. The third-order valence-electron chi connectivity index (χ3n) is 5.11. The van der Waals surface area contributed by atoms with Gasteiger partial charge < -0.3 is 19.1 Å². The summed E-state index contributed by atoms with van der Waals surface area (Å²) in [6.07, 6.45) is 5.81. The summed E-state index contributed by atoms with van der Waals surface area (Å²) in [6.45, 7) is 0.598. The number of carbonyl (C=O) groups excluding carboxylic acids is 2. The molecule has 1 fully saturated rings. The first-order valence-electron chi connectivity index (χ1n) is 8.23. The SMILES string of the molecule is COC(=O)C1C(=O)N(Cc2cc3c(cc2Br)OCO3)[C@@H]2C=CCC[C@@H]12. The van der Waals surface area contributed by atoms with Crippen molar-refractivity contribution in [3.8, 4) is 11.5 Å². The molecule has 0 saturated carbocycles. The van der Waals surface area contributed by atoms with Crippen LogP contribution in [0.3, 0.4) is 0 Å². The number of methoxy groups -OCH3 is 1. The number of fused-ring (bicyclic) bond motifs is 2. The first-order valence-corrected chi connectivity index (χ1v) is 9.02. The lowest BCUT2D eigenvalue weighted by Crippen LogP contribution is -2.34. The second kappa shape index (κ2) is 6.37. The van der Waals surface area contributed by atoms with E-state index in [-0.39, 0.29) is 24.7 Å². The molecule has 1 aliphatic carbocycles. The molecular formula is C18H18BrNO5. The van der Waals surface area contributed by atoms with Crippen LogP contribution in [0.2, 0.25) is 0 Å². The molecule has 0 N–H and O–H groups in total. The number of amides is 1. The van der Waals surface area contributed by atoms with E-state index in [1.807, 2.05) is 18.2 Å². The van der Waals surface area contributed by atoms with Gasteiger partial charge in [0.2, 0.25) is 12.7 Å². The van der Waals surface area contributed by atoms with Crippen molar-refractivity contribution in [2.24, 2.45) is 11.8 Å². The van der Waals surface area contributed by atoms with E-state index in [1.54, 1.807) is 4.90 Å². The zero-order valence-electron chi connectivity index (χ0n) is 13.7. The van der Waals surface area contributed by atoms with Crippen molar-refractivity contribution < 1.29 is 23.8 Å². The maximum absolute atomic E-state index is 12.9. The molecule has 2 aliphatic heterocycles. The lowest BCUT2D eigenvalue weighted by Gasteiger charge is -2.28. The maximum Gasteiger partial charge on any atom is 0.318 e. The van der Waals surface area contributed by atoms with Gasteiger partial charge in [0.05, 0.1) is 13.2 Å². The van der Waals surface area contributed by atoms with E-state index in [1.165, 1.54) is 7.11 Å². The van der Waals surface area contributed by atoms with Crippen LogP contribution in [-0.2, 0) is 20.9 Å². The standard InChI is InChI=1S/C18H18BrNO5/c1-23-18(22)16-11-4-2-3-5-13(11)20(17(16)21)8-10-6-14-15(7-12(10)19)25-9-24-14/h3,5-7,11,13,16H,2,4,8-9H2,1H3/t11-,13-,16?/m1/s1. The summed E-state index contributed by atoms with van der Waals surface area (Å²) in [4.78, 5) is 26.9. The number of allylic oxidation sites excluding steroid dienone is 1. The normalized spacial score (nSPS) is 26.7. The van der Waals surface area contributed by atoms with Gasteiger partial charge in [0.1, 0.15) is 5.92 Å². The van der Waals surface area contributed by atoms with Gasteiger partial charge in [0, 0.05) is 16.9 Å². The molecule has 1 amide bonds. The summed E-state index contributed by atoms with van der Waals surface area (Å²) in [7, 11) is 1.33. The molecule has 1 saturated heterocycles. The second-order valence-electron chi connectivity index (χ2n) is 6.42. The highest BCUT2D eigenvalue weighted by atomic mass is 79.9. The third-order valence-corrected chi connectivity index (χ3v) is 5.85. The summed E-state index contributed by atoms with van der Waals surface area (Å²) in [6, 6.07) is 3.65. The minimum atomic E-state index is -0.715. The van der Waals surface area contributed by atoms with E-state index in [4.69, 9.17) is 14.2 Å². The monoisotopic (exact) mass is 407 g/mol. The molecule has 3 aliphatic rings. The van der Waals surface area contributed by atoms with E-state index in [0.717, 1.165) is 22.9 Å². The summed E-state index contributed by atoms with van der Waals surface area (Å²) in [5, 5.41) is 0. The molecule has 0 aromatic heterocycles. The van der Waals surface area contributed by atoms with Crippen LogP contribution >= 0.6 is 15.9 Å². The van der Waals surface area contributed by atoms with Crippen LogP contribution in [-0.4, -0.2) is 36.7 Å². The zero-order valence-corrected chi connectivity index (χ0v) is 15.3. The summed E-state index contributed by atoms with van der Waals surface area (Å²) >= 11 is 3.54. The number of halogens is 1. The van der Waals surface area contributed by atoms with Gasteiger partial charge in [-0.15, -0.1) is 0 Å². The Morgan fingerprint density at radius 1 is 1.36 bits per heavy atom. The number of nitrogens with zero attached hydrogens (tertiary/aromatic N) is 1. The van der Waals surface area contributed by atoms with E-state index < -0.39 is 11.9 Å².